The largest absolute Gasteiger partial charge is 0.330 e. The van der Waals surface area contributed by atoms with Gasteiger partial charge in [0.2, 0.25) is 5.91 Å². The van der Waals surface area contributed by atoms with Gasteiger partial charge in [-0.25, -0.2) is 0 Å². The van der Waals surface area contributed by atoms with Crippen molar-refractivity contribution >= 4 is 22.9 Å². The molecule has 1 unspecified atom stereocenters. The number of nitrogens with two attached hydrogens (primary N) is 1. The van der Waals surface area contributed by atoms with Gasteiger partial charge in [0.05, 0.1) is 0 Å². The Balaban J connectivity index is 1.95. The molecule has 0 spiro atoms. The third kappa shape index (κ3) is 3.91. The Kier molecular flexibility index (Phi) is 4.71. The van der Waals surface area contributed by atoms with Crippen LogP contribution in [0.15, 0.2) is 41.8 Å². The number of carbonyl (C=O) groups excluding carboxylic acids is 1. The van der Waals surface area contributed by atoms with Crippen LogP contribution in [-0.2, 0) is 4.79 Å². The molecule has 0 aliphatic rings. The zero-order chi connectivity index (χ0) is 13.7. The summed E-state index contributed by atoms with van der Waals surface area (Å²) in [6.45, 7) is 2.51. The Bertz CT molecular complexity index is 520. The van der Waals surface area contributed by atoms with Gasteiger partial charge in [0, 0.05) is 29.4 Å². The van der Waals surface area contributed by atoms with Gasteiger partial charge in [-0.05, 0) is 30.5 Å². The fourth-order valence-corrected chi connectivity index (χ4v) is 2.74. The number of amides is 1. The van der Waals surface area contributed by atoms with E-state index < -0.39 is 0 Å². The van der Waals surface area contributed by atoms with Gasteiger partial charge in [-0.2, -0.15) is 0 Å². The summed E-state index contributed by atoms with van der Waals surface area (Å²) in [4.78, 5) is 13.2. The second-order valence-electron chi connectivity index (χ2n) is 4.57. The van der Waals surface area contributed by atoms with E-state index in [9.17, 15) is 4.79 Å². The zero-order valence-electron chi connectivity index (χ0n) is 10.9. The quantitative estimate of drug-likeness (QED) is 0.880. The lowest BCUT2D eigenvalue weighted by molar-refractivity contribution is -0.116. The van der Waals surface area contributed by atoms with E-state index in [-0.39, 0.29) is 11.8 Å². The summed E-state index contributed by atoms with van der Waals surface area (Å²) in [5, 5.41) is 4.92. The summed E-state index contributed by atoms with van der Waals surface area (Å²) in [5.74, 6) is 0.109. The average molecular weight is 274 g/mol. The Morgan fingerprint density at radius 3 is 2.63 bits per heavy atom. The minimum Gasteiger partial charge on any atom is -0.330 e. The fraction of sp³-hybridized carbons (Fsp3) is 0.267. The molecule has 1 aromatic heterocycles. The van der Waals surface area contributed by atoms with E-state index in [0.717, 1.165) is 5.69 Å². The number of carbonyl (C=O) groups is 1. The van der Waals surface area contributed by atoms with Gasteiger partial charge in [-0.15, -0.1) is 11.3 Å². The molecule has 0 aliphatic carbocycles. The topological polar surface area (TPSA) is 55.1 Å². The first kappa shape index (κ1) is 13.8. The lowest BCUT2D eigenvalue weighted by Crippen LogP contribution is -2.20. The summed E-state index contributed by atoms with van der Waals surface area (Å²) in [6.07, 6.45) is 0.422. The average Bonchev–Trinajstić information content (AvgIpc) is 2.92. The number of thiophene rings is 1. The molecule has 1 atom stereocenters. The standard InChI is InChI=1S/C15H18N2OS/c1-11-4-6-13(7-5-11)17-15(18)9-12(10-16)14-3-2-8-19-14/h2-8,12H,9-10,16H2,1H3,(H,17,18). The molecular weight excluding hydrogens is 256 g/mol. The second kappa shape index (κ2) is 6.50. The third-order valence-corrected chi connectivity index (χ3v) is 4.03. The summed E-state index contributed by atoms with van der Waals surface area (Å²) in [7, 11) is 0. The van der Waals surface area contributed by atoms with Crippen LogP contribution < -0.4 is 11.1 Å². The highest BCUT2D eigenvalue weighted by Crippen LogP contribution is 2.23. The molecule has 2 rings (SSSR count). The van der Waals surface area contributed by atoms with E-state index in [2.05, 4.69) is 5.32 Å². The molecule has 3 N–H and O–H groups in total. The Morgan fingerprint density at radius 1 is 1.32 bits per heavy atom. The molecule has 0 aliphatic heterocycles. The molecule has 2 aromatic rings. The summed E-state index contributed by atoms with van der Waals surface area (Å²) in [5.41, 5.74) is 7.76. The van der Waals surface area contributed by atoms with E-state index in [4.69, 9.17) is 5.73 Å². The maximum atomic E-state index is 12.0. The summed E-state index contributed by atoms with van der Waals surface area (Å²) in [6, 6.07) is 11.8. The predicted molar refractivity (Wildman–Crippen MR) is 80.5 cm³/mol. The summed E-state index contributed by atoms with van der Waals surface area (Å²) >= 11 is 1.65. The monoisotopic (exact) mass is 274 g/mol. The second-order valence-corrected chi connectivity index (χ2v) is 5.55. The molecule has 0 fully saturated rings. The molecule has 19 heavy (non-hydrogen) atoms. The maximum absolute atomic E-state index is 12.0. The first-order valence-corrected chi connectivity index (χ1v) is 7.17. The van der Waals surface area contributed by atoms with Crippen LogP contribution in [0.2, 0.25) is 0 Å². The number of hydrogen-bond acceptors (Lipinski definition) is 3. The predicted octanol–water partition coefficient (Wildman–Crippen LogP) is 3.13. The number of hydrogen-bond donors (Lipinski definition) is 2. The van der Waals surface area contributed by atoms with Gasteiger partial charge in [0.15, 0.2) is 0 Å². The first-order valence-electron chi connectivity index (χ1n) is 6.29. The minimum atomic E-state index is 0.00713. The summed E-state index contributed by atoms with van der Waals surface area (Å²) < 4.78 is 0. The van der Waals surface area contributed by atoms with E-state index >= 15 is 0 Å². The molecule has 3 nitrogen and oxygen atoms in total. The van der Waals surface area contributed by atoms with Gasteiger partial charge >= 0.3 is 0 Å². The van der Waals surface area contributed by atoms with Gasteiger partial charge in [0.1, 0.15) is 0 Å². The van der Waals surface area contributed by atoms with Gasteiger partial charge < -0.3 is 11.1 Å². The number of benzene rings is 1. The molecule has 1 heterocycles. The van der Waals surface area contributed by atoms with Crippen LogP contribution in [0.25, 0.3) is 0 Å². The van der Waals surface area contributed by atoms with E-state index in [0.29, 0.717) is 13.0 Å². The van der Waals surface area contributed by atoms with Crippen molar-refractivity contribution in [3.63, 3.8) is 0 Å². The van der Waals surface area contributed by atoms with Crippen LogP contribution >= 0.6 is 11.3 Å². The lowest BCUT2D eigenvalue weighted by Gasteiger charge is -2.13. The highest BCUT2D eigenvalue weighted by Gasteiger charge is 2.15. The number of aryl methyl sites for hydroxylation is 1. The molecule has 0 saturated carbocycles. The van der Waals surface area contributed by atoms with Crippen molar-refractivity contribution in [2.45, 2.75) is 19.3 Å². The van der Waals surface area contributed by atoms with E-state index in [1.54, 1.807) is 11.3 Å². The van der Waals surface area contributed by atoms with Crippen LogP contribution in [0, 0.1) is 6.92 Å². The molecule has 100 valence electrons. The third-order valence-electron chi connectivity index (χ3n) is 3.00. The molecule has 0 bridgehead atoms. The minimum absolute atomic E-state index is 0.00713. The van der Waals surface area contributed by atoms with Crippen molar-refractivity contribution in [1.82, 2.24) is 0 Å². The SMILES string of the molecule is Cc1ccc(NC(=O)CC(CN)c2cccs2)cc1. The van der Waals surface area contributed by atoms with E-state index in [1.165, 1.54) is 10.4 Å². The van der Waals surface area contributed by atoms with Crippen molar-refractivity contribution in [3.05, 3.63) is 52.2 Å². The molecule has 1 aromatic carbocycles. The maximum Gasteiger partial charge on any atom is 0.225 e. The normalized spacial score (nSPS) is 12.1. The first-order chi connectivity index (χ1) is 9.19. The van der Waals surface area contributed by atoms with Gasteiger partial charge in [0.25, 0.3) is 0 Å². The van der Waals surface area contributed by atoms with Gasteiger partial charge in [-0.1, -0.05) is 23.8 Å². The van der Waals surface area contributed by atoms with Crippen molar-refractivity contribution < 1.29 is 4.79 Å². The van der Waals surface area contributed by atoms with Crippen LogP contribution in [-0.4, -0.2) is 12.5 Å². The van der Waals surface area contributed by atoms with Crippen LogP contribution in [0.1, 0.15) is 22.8 Å². The highest BCUT2D eigenvalue weighted by atomic mass is 32.1. The van der Waals surface area contributed by atoms with Crippen molar-refractivity contribution in [1.29, 1.82) is 0 Å². The zero-order valence-corrected chi connectivity index (χ0v) is 11.7. The van der Waals surface area contributed by atoms with Crippen LogP contribution in [0.3, 0.4) is 0 Å². The fourth-order valence-electron chi connectivity index (χ4n) is 1.90. The van der Waals surface area contributed by atoms with Crippen molar-refractivity contribution in [2.24, 2.45) is 5.73 Å². The molecule has 1 amide bonds. The molecule has 4 heteroatoms. The molecule has 0 saturated heterocycles. The number of nitrogens with one attached hydrogen (secondary N) is 1. The van der Waals surface area contributed by atoms with Crippen LogP contribution in [0.4, 0.5) is 5.69 Å². The van der Waals surface area contributed by atoms with Crippen molar-refractivity contribution in [2.75, 3.05) is 11.9 Å². The Labute approximate surface area is 117 Å². The van der Waals surface area contributed by atoms with Crippen molar-refractivity contribution in [3.8, 4) is 0 Å². The van der Waals surface area contributed by atoms with E-state index in [1.807, 2.05) is 48.7 Å². The van der Waals surface area contributed by atoms with Gasteiger partial charge in [-0.3, -0.25) is 4.79 Å². The highest BCUT2D eigenvalue weighted by molar-refractivity contribution is 7.10. The molecular formula is C15H18N2OS. The van der Waals surface area contributed by atoms with Crippen LogP contribution in [0.5, 0.6) is 0 Å². The smallest absolute Gasteiger partial charge is 0.225 e. The molecule has 0 radical (unpaired) electrons. The lowest BCUT2D eigenvalue weighted by atomic mass is 10.0. The number of rotatable bonds is 5. The number of anilines is 1. The Hall–Kier alpha value is -1.65. The Morgan fingerprint density at radius 2 is 2.05 bits per heavy atom.